The number of rotatable bonds is 4. The van der Waals surface area contributed by atoms with Gasteiger partial charge in [0, 0.05) is 6.04 Å². The minimum atomic E-state index is -4.71. The van der Waals surface area contributed by atoms with Crippen molar-refractivity contribution in [3.63, 3.8) is 0 Å². The van der Waals surface area contributed by atoms with E-state index in [0.29, 0.717) is 5.56 Å². The Hall–Kier alpha value is -1.14. The van der Waals surface area contributed by atoms with Gasteiger partial charge in [0.05, 0.1) is 5.56 Å². The Labute approximate surface area is 110 Å². The molecule has 0 aromatic heterocycles. The Kier molecular flexibility index (Phi) is 4.92. The fourth-order valence-corrected chi connectivity index (χ4v) is 1.89. The minimum absolute atomic E-state index is 0.0107. The zero-order valence-corrected chi connectivity index (χ0v) is 11.1. The quantitative estimate of drug-likeness (QED) is 0.501. The maximum absolute atomic E-state index is 13.2. The van der Waals surface area contributed by atoms with Crippen molar-refractivity contribution in [2.75, 3.05) is 0 Å². The van der Waals surface area contributed by atoms with Gasteiger partial charge in [-0.3, -0.25) is 11.3 Å². The van der Waals surface area contributed by atoms with Crippen molar-refractivity contribution in [2.45, 2.75) is 33.0 Å². The smallest absolute Gasteiger partial charge is 0.271 e. The van der Waals surface area contributed by atoms with E-state index >= 15 is 0 Å². The molecule has 2 nitrogen and oxygen atoms in total. The van der Waals surface area contributed by atoms with Crippen molar-refractivity contribution in [2.24, 2.45) is 17.7 Å². The van der Waals surface area contributed by atoms with Crippen LogP contribution in [0, 0.1) is 17.7 Å². The number of alkyl halides is 3. The molecule has 19 heavy (non-hydrogen) atoms. The van der Waals surface area contributed by atoms with Gasteiger partial charge in [0.2, 0.25) is 0 Å². The molecule has 1 rings (SSSR count). The Balaban J connectivity index is 3.20. The molecule has 0 spiro atoms. The molecule has 0 fully saturated rings. The second-order valence-electron chi connectivity index (χ2n) is 4.98. The van der Waals surface area contributed by atoms with E-state index in [4.69, 9.17) is 5.84 Å². The van der Waals surface area contributed by atoms with Gasteiger partial charge >= 0.3 is 6.18 Å². The molecule has 0 bridgehead atoms. The van der Waals surface area contributed by atoms with E-state index in [1.807, 2.05) is 20.8 Å². The maximum Gasteiger partial charge on any atom is 0.419 e. The lowest BCUT2D eigenvalue weighted by atomic mass is 9.86. The molecule has 0 amide bonds. The van der Waals surface area contributed by atoms with Crippen molar-refractivity contribution < 1.29 is 17.6 Å². The lowest BCUT2D eigenvalue weighted by Crippen LogP contribution is -2.34. The third kappa shape index (κ3) is 3.67. The summed E-state index contributed by atoms with van der Waals surface area (Å²) in [5.74, 6) is 4.38. The molecular formula is C13H18F4N2. The summed E-state index contributed by atoms with van der Waals surface area (Å²) in [5, 5.41) is 0. The van der Waals surface area contributed by atoms with E-state index in [1.54, 1.807) is 0 Å². The molecule has 6 heteroatoms. The van der Waals surface area contributed by atoms with Gasteiger partial charge in [0.25, 0.3) is 0 Å². The molecule has 3 N–H and O–H groups in total. The Morgan fingerprint density at radius 3 is 2.16 bits per heavy atom. The maximum atomic E-state index is 13.2. The van der Waals surface area contributed by atoms with Crippen LogP contribution in [0.15, 0.2) is 18.2 Å². The predicted molar refractivity (Wildman–Crippen MR) is 65.5 cm³/mol. The topological polar surface area (TPSA) is 38.0 Å². The van der Waals surface area contributed by atoms with Gasteiger partial charge < -0.3 is 0 Å². The van der Waals surface area contributed by atoms with Crippen LogP contribution in [0.25, 0.3) is 0 Å². The molecule has 2 unspecified atom stereocenters. The van der Waals surface area contributed by atoms with Crippen LogP contribution in [0.4, 0.5) is 17.6 Å². The van der Waals surface area contributed by atoms with Gasteiger partial charge in [-0.05, 0) is 29.5 Å². The molecule has 1 aromatic carbocycles. The summed E-state index contributed by atoms with van der Waals surface area (Å²) in [6.07, 6.45) is -4.71. The van der Waals surface area contributed by atoms with Crippen molar-refractivity contribution in [1.82, 2.24) is 5.43 Å². The summed E-state index contributed by atoms with van der Waals surface area (Å²) in [7, 11) is 0. The molecule has 0 heterocycles. The van der Waals surface area contributed by atoms with Crippen LogP contribution in [-0.2, 0) is 6.18 Å². The van der Waals surface area contributed by atoms with Crippen molar-refractivity contribution >= 4 is 0 Å². The Bertz CT molecular complexity index is 429. The van der Waals surface area contributed by atoms with E-state index in [9.17, 15) is 17.6 Å². The van der Waals surface area contributed by atoms with E-state index in [0.717, 1.165) is 12.1 Å². The normalized spacial score (nSPS) is 15.6. The highest BCUT2D eigenvalue weighted by atomic mass is 19.4. The summed E-state index contributed by atoms with van der Waals surface area (Å²) in [6.45, 7) is 5.78. The standard InChI is InChI=1S/C13H18F4N2/c1-7(2)8(3)12(19-18)9-4-5-11(14)10(6-9)13(15,16)17/h4-8,12,19H,18H2,1-3H3. The lowest BCUT2D eigenvalue weighted by Gasteiger charge is -2.27. The van der Waals surface area contributed by atoms with Crippen LogP contribution < -0.4 is 11.3 Å². The monoisotopic (exact) mass is 278 g/mol. The zero-order chi connectivity index (χ0) is 14.8. The van der Waals surface area contributed by atoms with Crippen molar-refractivity contribution in [1.29, 1.82) is 0 Å². The van der Waals surface area contributed by atoms with Gasteiger partial charge in [0.1, 0.15) is 5.82 Å². The third-order valence-electron chi connectivity index (χ3n) is 3.41. The van der Waals surface area contributed by atoms with Crippen LogP contribution in [-0.4, -0.2) is 0 Å². The average Bonchev–Trinajstić information content (AvgIpc) is 2.30. The first kappa shape index (κ1) is 15.9. The van der Waals surface area contributed by atoms with E-state index in [1.165, 1.54) is 6.07 Å². The fourth-order valence-electron chi connectivity index (χ4n) is 1.89. The Morgan fingerprint density at radius 2 is 1.74 bits per heavy atom. The highest BCUT2D eigenvalue weighted by Gasteiger charge is 2.35. The molecule has 0 aliphatic carbocycles. The minimum Gasteiger partial charge on any atom is -0.271 e. The van der Waals surface area contributed by atoms with Crippen LogP contribution >= 0.6 is 0 Å². The van der Waals surface area contributed by atoms with Crippen LogP contribution in [0.3, 0.4) is 0 Å². The van der Waals surface area contributed by atoms with Crippen molar-refractivity contribution in [3.8, 4) is 0 Å². The number of nitrogens with two attached hydrogens (primary N) is 1. The highest BCUT2D eigenvalue weighted by molar-refractivity contribution is 5.29. The number of hydrogen-bond acceptors (Lipinski definition) is 2. The molecule has 0 aliphatic rings. The molecule has 0 radical (unpaired) electrons. The molecule has 1 aromatic rings. The molecule has 108 valence electrons. The summed E-state index contributed by atoms with van der Waals surface area (Å²) in [4.78, 5) is 0. The first-order chi connectivity index (χ1) is 8.68. The van der Waals surface area contributed by atoms with Crippen LogP contribution in [0.2, 0.25) is 0 Å². The van der Waals surface area contributed by atoms with Gasteiger partial charge in [-0.15, -0.1) is 0 Å². The van der Waals surface area contributed by atoms with E-state index < -0.39 is 23.6 Å². The second kappa shape index (κ2) is 5.88. The van der Waals surface area contributed by atoms with E-state index in [-0.39, 0.29) is 11.8 Å². The van der Waals surface area contributed by atoms with Crippen LogP contribution in [0.1, 0.15) is 37.9 Å². The molecule has 0 saturated heterocycles. The number of hydrazine groups is 1. The number of halogens is 4. The van der Waals surface area contributed by atoms with Crippen molar-refractivity contribution in [3.05, 3.63) is 35.1 Å². The first-order valence-electron chi connectivity index (χ1n) is 6.01. The molecule has 0 saturated carbocycles. The second-order valence-corrected chi connectivity index (χ2v) is 4.98. The van der Waals surface area contributed by atoms with E-state index in [2.05, 4.69) is 5.43 Å². The summed E-state index contributed by atoms with van der Waals surface area (Å²) in [5.41, 5.74) is 1.58. The first-order valence-corrected chi connectivity index (χ1v) is 6.01. The average molecular weight is 278 g/mol. The third-order valence-corrected chi connectivity index (χ3v) is 3.41. The largest absolute Gasteiger partial charge is 0.419 e. The summed E-state index contributed by atoms with van der Waals surface area (Å²) < 4.78 is 51.2. The lowest BCUT2D eigenvalue weighted by molar-refractivity contribution is -0.140. The van der Waals surface area contributed by atoms with Gasteiger partial charge in [0.15, 0.2) is 0 Å². The van der Waals surface area contributed by atoms with Gasteiger partial charge in [-0.1, -0.05) is 26.8 Å². The number of benzene rings is 1. The fraction of sp³-hybridized carbons (Fsp3) is 0.538. The predicted octanol–water partition coefficient (Wildman–Crippen LogP) is 3.64. The SMILES string of the molecule is CC(C)C(C)C(NN)c1ccc(F)c(C(F)(F)F)c1. The van der Waals surface area contributed by atoms with Gasteiger partial charge in [-0.25, -0.2) is 4.39 Å². The summed E-state index contributed by atoms with van der Waals surface area (Å²) >= 11 is 0. The van der Waals surface area contributed by atoms with Crippen LogP contribution in [0.5, 0.6) is 0 Å². The number of hydrogen-bond donors (Lipinski definition) is 2. The zero-order valence-electron chi connectivity index (χ0n) is 11.1. The number of nitrogens with one attached hydrogen (secondary N) is 1. The molecule has 2 atom stereocenters. The molecular weight excluding hydrogens is 260 g/mol. The summed E-state index contributed by atoms with van der Waals surface area (Å²) in [6, 6.07) is 2.52. The molecule has 0 aliphatic heterocycles. The van der Waals surface area contributed by atoms with Gasteiger partial charge in [-0.2, -0.15) is 13.2 Å². The highest BCUT2D eigenvalue weighted by Crippen LogP contribution is 2.35. The Morgan fingerprint density at radius 1 is 1.16 bits per heavy atom.